The maximum Gasteiger partial charge on any atom is 0.202 e. The Morgan fingerprint density at radius 3 is 3.22 bits per heavy atom. The quantitative estimate of drug-likeness (QED) is 0.625. The summed E-state index contributed by atoms with van der Waals surface area (Å²) in [6, 6.07) is 0. The summed E-state index contributed by atoms with van der Waals surface area (Å²) in [5, 5.41) is 12.0. The van der Waals surface area contributed by atoms with Gasteiger partial charge in [0.1, 0.15) is 6.33 Å². The van der Waals surface area contributed by atoms with Gasteiger partial charge in [-0.15, -0.1) is 0 Å². The van der Waals surface area contributed by atoms with Gasteiger partial charge in [0.2, 0.25) is 5.13 Å². The van der Waals surface area contributed by atoms with Crippen molar-refractivity contribution in [3.8, 4) is 0 Å². The number of anilines is 1. The molecule has 1 rings (SSSR count). The number of aliphatic hydroxyl groups is 1. The van der Waals surface area contributed by atoms with E-state index in [1.165, 1.54) is 17.9 Å². The number of aromatic nitrogens is 2. The molecule has 0 saturated carbocycles. The Bertz CT molecular complexity index is 153. The SMILES string of the molecule is OCCNc1ncns1. The molecule has 0 amide bonds. The van der Waals surface area contributed by atoms with E-state index in [-0.39, 0.29) is 6.61 Å². The highest BCUT2D eigenvalue weighted by Gasteiger charge is 1.90. The fourth-order valence-corrected chi connectivity index (χ4v) is 0.869. The van der Waals surface area contributed by atoms with Crippen molar-refractivity contribution >= 4 is 16.7 Å². The molecule has 0 atom stereocenters. The highest BCUT2D eigenvalue weighted by molar-refractivity contribution is 7.09. The minimum absolute atomic E-state index is 0.125. The fraction of sp³-hybridized carbons (Fsp3) is 0.500. The van der Waals surface area contributed by atoms with E-state index >= 15 is 0 Å². The number of nitrogens with one attached hydrogen (secondary N) is 1. The molecule has 0 aliphatic carbocycles. The molecule has 0 unspecified atom stereocenters. The van der Waals surface area contributed by atoms with Crippen LogP contribution in [0.3, 0.4) is 0 Å². The zero-order valence-corrected chi connectivity index (χ0v) is 5.56. The molecule has 0 saturated heterocycles. The van der Waals surface area contributed by atoms with Gasteiger partial charge >= 0.3 is 0 Å². The largest absolute Gasteiger partial charge is 0.395 e. The molecule has 0 aliphatic rings. The molecule has 1 aromatic rings. The standard InChI is InChI=1S/C4H7N3OS/c8-2-1-5-4-6-3-7-9-4/h3,8H,1-2H2,(H,5,6,7). The Morgan fingerprint density at radius 1 is 1.78 bits per heavy atom. The van der Waals surface area contributed by atoms with Crippen LogP contribution in [-0.2, 0) is 0 Å². The lowest BCUT2D eigenvalue weighted by Gasteiger charge is -1.94. The number of aliphatic hydroxyl groups excluding tert-OH is 1. The second kappa shape index (κ2) is 3.37. The predicted molar refractivity (Wildman–Crippen MR) is 35.5 cm³/mol. The summed E-state index contributed by atoms with van der Waals surface area (Å²) >= 11 is 1.28. The molecular weight excluding hydrogens is 138 g/mol. The van der Waals surface area contributed by atoms with E-state index in [2.05, 4.69) is 14.7 Å². The zero-order chi connectivity index (χ0) is 6.53. The summed E-state index contributed by atoms with van der Waals surface area (Å²) in [4.78, 5) is 3.84. The third-order valence-electron chi connectivity index (χ3n) is 0.749. The third-order valence-corrected chi connectivity index (χ3v) is 1.37. The van der Waals surface area contributed by atoms with Gasteiger partial charge in [-0.2, -0.15) is 4.37 Å². The molecule has 0 aliphatic heterocycles. The Morgan fingerprint density at radius 2 is 2.67 bits per heavy atom. The van der Waals surface area contributed by atoms with Gasteiger partial charge in [0.25, 0.3) is 0 Å². The summed E-state index contributed by atoms with van der Waals surface area (Å²) in [5.41, 5.74) is 0. The van der Waals surface area contributed by atoms with Crippen molar-refractivity contribution in [2.75, 3.05) is 18.5 Å². The van der Waals surface area contributed by atoms with Crippen LogP contribution in [0.5, 0.6) is 0 Å². The van der Waals surface area contributed by atoms with Gasteiger partial charge in [-0.05, 0) is 0 Å². The molecule has 1 heterocycles. The Hall–Kier alpha value is -0.680. The van der Waals surface area contributed by atoms with Gasteiger partial charge in [0, 0.05) is 18.1 Å². The van der Waals surface area contributed by atoms with E-state index in [4.69, 9.17) is 5.11 Å². The molecule has 0 bridgehead atoms. The monoisotopic (exact) mass is 145 g/mol. The molecule has 2 N–H and O–H groups in total. The Kier molecular flexibility index (Phi) is 2.41. The van der Waals surface area contributed by atoms with E-state index in [0.29, 0.717) is 6.54 Å². The molecule has 4 nitrogen and oxygen atoms in total. The van der Waals surface area contributed by atoms with Gasteiger partial charge in [-0.3, -0.25) is 0 Å². The Labute approximate surface area is 56.7 Å². The second-order valence-electron chi connectivity index (χ2n) is 1.40. The zero-order valence-electron chi connectivity index (χ0n) is 4.74. The van der Waals surface area contributed by atoms with Crippen LogP contribution in [-0.4, -0.2) is 27.6 Å². The molecule has 0 radical (unpaired) electrons. The first kappa shape index (κ1) is 6.44. The van der Waals surface area contributed by atoms with E-state index in [1.54, 1.807) is 0 Å². The fourth-order valence-electron chi connectivity index (χ4n) is 0.414. The van der Waals surface area contributed by atoms with E-state index in [1.807, 2.05) is 0 Å². The number of hydrogen-bond donors (Lipinski definition) is 2. The molecule has 50 valence electrons. The lowest BCUT2D eigenvalue weighted by molar-refractivity contribution is 0.311. The topological polar surface area (TPSA) is 58.0 Å². The lowest BCUT2D eigenvalue weighted by atomic mass is 10.7. The summed E-state index contributed by atoms with van der Waals surface area (Å²) in [5.74, 6) is 0. The van der Waals surface area contributed by atoms with Crippen molar-refractivity contribution in [3.63, 3.8) is 0 Å². The Balaban J connectivity index is 2.30. The molecule has 0 fully saturated rings. The van der Waals surface area contributed by atoms with Crippen LogP contribution in [0.4, 0.5) is 5.13 Å². The first-order chi connectivity index (χ1) is 4.43. The van der Waals surface area contributed by atoms with Crippen LogP contribution in [0.2, 0.25) is 0 Å². The normalized spacial score (nSPS) is 9.44. The molecule has 9 heavy (non-hydrogen) atoms. The highest BCUT2D eigenvalue weighted by Crippen LogP contribution is 2.04. The van der Waals surface area contributed by atoms with Crippen LogP contribution in [0.1, 0.15) is 0 Å². The first-order valence-electron chi connectivity index (χ1n) is 2.55. The van der Waals surface area contributed by atoms with Gasteiger partial charge in [-0.1, -0.05) is 0 Å². The van der Waals surface area contributed by atoms with Gasteiger partial charge in [0.15, 0.2) is 0 Å². The van der Waals surface area contributed by atoms with Crippen LogP contribution in [0.15, 0.2) is 6.33 Å². The number of hydrogen-bond acceptors (Lipinski definition) is 5. The van der Waals surface area contributed by atoms with Gasteiger partial charge in [0.05, 0.1) is 6.61 Å². The van der Waals surface area contributed by atoms with Gasteiger partial charge < -0.3 is 10.4 Å². The second-order valence-corrected chi connectivity index (χ2v) is 2.18. The van der Waals surface area contributed by atoms with E-state index in [0.717, 1.165) is 5.13 Å². The molecule has 5 heteroatoms. The minimum Gasteiger partial charge on any atom is -0.395 e. The highest BCUT2D eigenvalue weighted by atomic mass is 32.1. The number of nitrogens with zero attached hydrogens (tertiary/aromatic N) is 2. The average Bonchev–Trinajstić information content (AvgIpc) is 2.34. The smallest absolute Gasteiger partial charge is 0.202 e. The summed E-state index contributed by atoms with van der Waals surface area (Å²) in [6.07, 6.45) is 1.48. The third kappa shape index (κ3) is 1.95. The molecule has 0 spiro atoms. The minimum atomic E-state index is 0.125. The summed E-state index contributed by atoms with van der Waals surface area (Å²) < 4.78 is 3.76. The van der Waals surface area contributed by atoms with Crippen LogP contribution in [0.25, 0.3) is 0 Å². The van der Waals surface area contributed by atoms with Crippen LogP contribution < -0.4 is 5.32 Å². The first-order valence-corrected chi connectivity index (χ1v) is 3.32. The average molecular weight is 145 g/mol. The molecule has 0 aromatic carbocycles. The predicted octanol–water partition coefficient (Wildman–Crippen LogP) is -0.0577. The molecular formula is C4H7N3OS. The maximum absolute atomic E-state index is 8.36. The number of rotatable bonds is 3. The molecule has 1 aromatic heterocycles. The summed E-state index contributed by atoms with van der Waals surface area (Å²) in [6.45, 7) is 0.661. The van der Waals surface area contributed by atoms with Crippen molar-refractivity contribution in [3.05, 3.63) is 6.33 Å². The van der Waals surface area contributed by atoms with Crippen molar-refractivity contribution in [1.82, 2.24) is 9.36 Å². The van der Waals surface area contributed by atoms with Crippen LogP contribution in [0, 0.1) is 0 Å². The van der Waals surface area contributed by atoms with E-state index < -0.39 is 0 Å². The van der Waals surface area contributed by atoms with Crippen molar-refractivity contribution in [2.24, 2.45) is 0 Å². The van der Waals surface area contributed by atoms with Crippen LogP contribution >= 0.6 is 11.5 Å². The summed E-state index contributed by atoms with van der Waals surface area (Å²) in [7, 11) is 0. The van der Waals surface area contributed by atoms with E-state index in [9.17, 15) is 0 Å². The van der Waals surface area contributed by atoms with Crippen molar-refractivity contribution < 1.29 is 5.11 Å². The van der Waals surface area contributed by atoms with Crippen molar-refractivity contribution in [2.45, 2.75) is 0 Å². The maximum atomic E-state index is 8.36. The van der Waals surface area contributed by atoms with Crippen molar-refractivity contribution in [1.29, 1.82) is 0 Å². The van der Waals surface area contributed by atoms with Gasteiger partial charge in [-0.25, -0.2) is 4.98 Å². The lowest BCUT2D eigenvalue weighted by Crippen LogP contribution is -2.04.